The summed E-state index contributed by atoms with van der Waals surface area (Å²) in [6.45, 7) is 35.0. The predicted octanol–water partition coefficient (Wildman–Crippen LogP) is -0.829. The predicted molar refractivity (Wildman–Crippen MR) is 248 cm³/mol. The van der Waals surface area contributed by atoms with E-state index in [9.17, 15) is 0 Å². The fourth-order valence-corrected chi connectivity index (χ4v) is 0. The van der Waals surface area contributed by atoms with E-state index < -0.39 is 22.3 Å². The number of aliphatic hydroxyl groups is 2. The maximum atomic E-state index is 8.81. The maximum Gasteiger partial charge on any atom is 1.00 e. The molecule has 0 fully saturated rings. The van der Waals surface area contributed by atoms with Gasteiger partial charge in [-0.3, -0.25) is 4.79 Å². The molecule has 0 aromatic carbocycles. The number of rotatable bonds is 4. The van der Waals surface area contributed by atoms with Crippen molar-refractivity contribution in [3.63, 3.8) is 0 Å². The Morgan fingerprint density at radius 2 is 1.00 bits per heavy atom. The molecule has 0 bridgehead atoms. The molecule has 27 heteroatoms. The van der Waals surface area contributed by atoms with Gasteiger partial charge in [0, 0.05) is 41.2 Å². The van der Waals surface area contributed by atoms with E-state index in [2.05, 4.69) is 57.3 Å². The molecule has 4 atom stereocenters. The first-order chi connectivity index (χ1) is 22.5. The standard InChI is InChI=1S/C4H9.C3H8O.C2H5Br.C2H6O.C2H4O.5C2H6.CH5BO2.CH2O3.CH4O.B.BrH.4ClH.2K.Li.Na.H6P4.Pd.Zn.2H/c2*1-3-4-2;3*1-2-3;5*1-2;1-2(3)4;2-1-4-3;1-2;;;;;;;;;;;1-3-4-2;;;;/h1,3-4H2,2H3;3H2,1-2H3;2H2,1H3;3H,2H2,1H3;2H,1H3;5*1-2H3;3-4H,1H3;1,3H;2H,1H3;;5*1H;;;;;3-4H,1-2H2;;;;/q-1;;;;;;;;;;;;;;;;;;;4*+1;;2*+2;2*-1/p-5. The molecule has 3 radical (unpaired) electrons. The number of ether oxygens (including phenoxy) is 1. The third kappa shape index (κ3) is 1250. The fraction of sp³-hybridized carbons (Fsp3) is 0.885. The second kappa shape index (κ2) is 351. The molecule has 0 heterocycles. The molecule has 9 nitrogen and oxygen atoms in total. The second-order valence-corrected chi connectivity index (χ2v) is 19.1. The van der Waals surface area contributed by atoms with E-state index in [0.29, 0.717) is 0 Å². The van der Waals surface area contributed by atoms with Crippen LogP contribution in [0.4, 0.5) is 0 Å². The van der Waals surface area contributed by atoms with Crippen molar-refractivity contribution in [1.29, 1.82) is 0 Å². The SMILES string of the molecule is Br.CB(O)O.CC.CC.CC.CC.CC.CC=O.CCBr.CCO.CCOC.CO.O=CO[O-].PPPP.[B].[CH2-]CCC.[Cl][Pd][Cl].[Cl][Zn][Cl].[H-].[H-].[K+].[K+].[Li+].[Na+]. The van der Waals surface area contributed by atoms with Crippen molar-refractivity contribution < 1.29 is 230 Å². The zero-order chi connectivity index (χ0) is 42.8. The fourth-order valence-electron chi connectivity index (χ4n) is 0. The summed E-state index contributed by atoms with van der Waals surface area (Å²) < 4.78 is 4.54. The Morgan fingerprint density at radius 1 is 0.925 bits per heavy atom. The van der Waals surface area contributed by atoms with Gasteiger partial charge >= 0.3 is 228 Å². The van der Waals surface area contributed by atoms with Crippen molar-refractivity contribution in [3.05, 3.63) is 6.92 Å². The molecule has 323 valence electrons. The van der Waals surface area contributed by atoms with E-state index in [0.717, 1.165) is 47.7 Å². The van der Waals surface area contributed by atoms with Crippen molar-refractivity contribution in [3.8, 4) is 0 Å². The van der Waals surface area contributed by atoms with Gasteiger partial charge in [-0.25, -0.2) is 0 Å². The van der Waals surface area contributed by atoms with Crippen LogP contribution in [0.3, 0.4) is 0 Å². The van der Waals surface area contributed by atoms with Crippen LogP contribution in [-0.4, -0.2) is 81.3 Å². The molecular formula is C26H81B2Br2Cl4K2LiNaO9P4PdZn. The summed E-state index contributed by atoms with van der Waals surface area (Å²) in [6, 6.07) is 0. The van der Waals surface area contributed by atoms with Crippen LogP contribution < -0.4 is 156 Å². The first-order valence-electron chi connectivity index (χ1n) is 14.7. The zero-order valence-electron chi connectivity index (χ0n) is 39.9. The number of aldehydes is 1. The minimum Gasteiger partial charge on any atom is -1.00 e. The molecule has 0 aromatic heterocycles. The van der Waals surface area contributed by atoms with Crippen molar-refractivity contribution in [2.45, 2.75) is 124 Å². The normalized spacial score (nSPS) is 5.26. The van der Waals surface area contributed by atoms with Crippen molar-refractivity contribution in [2.24, 2.45) is 0 Å². The van der Waals surface area contributed by atoms with E-state index in [-0.39, 0.29) is 208 Å². The average Bonchev–Trinajstić information content (AvgIpc) is 3.12. The van der Waals surface area contributed by atoms with Crippen LogP contribution >= 0.6 is 105 Å². The molecule has 0 spiro atoms. The van der Waals surface area contributed by atoms with Crippen LogP contribution in [0.5, 0.6) is 0 Å². The van der Waals surface area contributed by atoms with E-state index in [1.165, 1.54) is 20.2 Å². The average molecular weight is 1270 g/mol. The summed E-state index contributed by atoms with van der Waals surface area (Å²) in [7, 11) is 28.5. The van der Waals surface area contributed by atoms with Gasteiger partial charge in [0.25, 0.3) is 6.47 Å². The van der Waals surface area contributed by atoms with Crippen molar-refractivity contribution in [2.75, 3.05) is 32.8 Å². The third-order valence-electron chi connectivity index (χ3n) is 0.765. The van der Waals surface area contributed by atoms with E-state index in [1.54, 1.807) is 14.0 Å². The number of methoxy groups -OCH3 is 1. The van der Waals surface area contributed by atoms with Crippen LogP contribution in [0.2, 0.25) is 6.82 Å². The first-order valence-corrected chi connectivity index (χ1v) is 34.2. The van der Waals surface area contributed by atoms with Crippen LogP contribution in [0, 0.1) is 6.92 Å². The Bertz CT molecular complexity index is 284. The third-order valence-corrected chi connectivity index (χ3v) is 7.43. The Labute approximate surface area is 516 Å². The minimum absolute atomic E-state index is 0. The number of hydrogen-bond acceptors (Lipinski definition) is 9. The number of alkyl halides is 1. The van der Waals surface area contributed by atoms with Gasteiger partial charge in [-0.2, -0.15) is 6.42 Å². The molecule has 53 heavy (non-hydrogen) atoms. The van der Waals surface area contributed by atoms with Crippen molar-refractivity contribution >= 4 is 133 Å². The Hall–Kier alpha value is 9.03. The quantitative estimate of drug-likeness (QED) is 0.0538. The Kier molecular flexibility index (Phi) is 955. The zero-order valence-corrected chi connectivity index (χ0v) is 61.3. The molecular weight excluding hydrogens is 1180 g/mol. The summed E-state index contributed by atoms with van der Waals surface area (Å²) in [5.41, 5.74) is 0. The number of aliphatic hydroxyl groups excluding tert-OH is 2. The second-order valence-electron chi connectivity index (χ2n) is 3.51. The number of unbranched alkanes of at least 4 members (excludes halogenated alkanes) is 1. The summed E-state index contributed by atoms with van der Waals surface area (Å²) in [6.07, 6.45) is 3.03. The van der Waals surface area contributed by atoms with Gasteiger partial charge in [0.2, 0.25) is 0 Å². The molecule has 0 aromatic rings. The number of carbonyl (C=O) groups is 2. The monoisotopic (exact) mass is 1260 g/mol. The van der Waals surface area contributed by atoms with E-state index in [4.69, 9.17) is 73.5 Å². The van der Waals surface area contributed by atoms with Gasteiger partial charge in [-0.1, -0.05) is 121 Å². The first kappa shape index (κ1) is 144. The molecule has 0 aliphatic heterocycles. The molecule has 0 saturated heterocycles. The molecule has 0 amide bonds. The minimum atomic E-state index is -1.17. The summed E-state index contributed by atoms with van der Waals surface area (Å²) >= 11 is 2.11. The summed E-state index contributed by atoms with van der Waals surface area (Å²) in [4.78, 5) is 20.1. The number of carbonyl (C=O) groups excluding carboxylic acids is 2. The van der Waals surface area contributed by atoms with Gasteiger partial charge in [0.05, 0.1) is 0 Å². The van der Waals surface area contributed by atoms with E-state index >= 15 is 0 Å². The molecule has 0 rings (SSSR count). The summed E-state index contributed by atoms with van der Waals surface area (Å²) in [5.74, 6) is 0. The molecule has 0 aliphatic rings. The van der Waals surface area contributed by atoms with Crippen LogP contribution in [0.15, 0.2) is 0 Å². The summed E-state index contributed by atoms with van der Waals surface area (Å²) in [5, 5.41) is 39.3. The Balaban J connectivity index is -0.00000000845. The van der Waals surface area contributed by atoms with Gasteiger partial charge in [-0.15, -0.1) is 34.8 Å². The Morgan fingerprint density at radius 3 is 1.00 bits per heavy atom. The van der Waals surface area contributed by atoms with Gasteiger partial charge < -0.3 is 49.7 Å². The van der Waals surface area contributed by atoms with Gasteiger partial charge in [-0.05, 0) is 27.6 Å². The molecule has 4 N–H and O–H groups in total. The topological polar surface area (TPSA) is 157 Å². The smallest absolute Gasteiger partial charge is 1.00 e. The largest absolute Gasteiger partial charge is 1.00 e. The van der Waals surface area contributed by atoms with Crippen LogP contribution in [-0.2, 0) is 50.3 Å². The van der Waals surface area contributed by atoms with Gasteiger partial charge in [0.1, 0.15) is 6.29 Å². The maximum absolute atomic E-state index is 8.81. The molecule has 0 aliphatic carbocycles. The van der Waals surface area contributed by atoms with Crippen molar-refractivity contribution in [1.82, 2.24) is 0 Å². The van der Waals surface area contributed by atoms with Crippen LogP contribution in [0.25, 0.3) is 0 Å². The molecule has 0 saturated carbocycles. The molecule has 4 unspecified atom stereocenters. The van der Waals surface area contributed by atoms with E-state index in [1.807, 2.05) is 83.1 Å². The number of hydrogen-bond donors (Lipinski definition) is 4. The van der Waals surface area contributed by atoms with Gasteiger partial charge in [0.15, 0.2) is 0 Å². The van der Waals surface area contributed by atoms with Crippen LogP contribution in [0.1, 0.15) is 120 Å². The number of halogens is 6.